The molecule has 7 heteroatoms. The molecule has 134 valence electrons. The van der Waals surface area contributed by atoms with Crippen molar-refractivity contribution in [3.8, 4) is 22.9 Å². The highest BCUT2D eigenvalue weighted by atomic mass is 35.5. The maximum atomic E-state index is 12.0. The van der Waals surface area contributed by atoms with Crippen LogP contribution in [0.5, 0.6) is 11.5 Å². The zero-order chi connectivity index (χ0) is 18.5. The zero-order valence-electron chi connectivity index (χ0n) is 14.4. The Balaban J connectivity index is 1.58. The lowest BCUT2D eigenvalue weighted by Gasteiger charge is -2.06. The van der Waals surface area contributed by atoms with E-state index in [1.165, 1.54) is 0 Å². The van der Waals surface area contributed by atoms with Gasteiger partial charge in [-0.3, -0.25) is 4.79 Å². The van der Waals surface area contributed by atoms with E-state index >= 15 is 0 Å². The summed E-state index contributed by atoms with van der Waals surface area (Å²) in [5.41, 5.74) is 1.76. The van der Waals surface area contributed by atoms with Gasteiger partial charge >= 0.3 is 5.97 Å². The molecule has 0 saturated carbocycles. The average Bonchev–Trinajstić information content (AvgIpc) is 3.12. The van der Waals surface area contributed by atoms with Gasteiger partial charge in [0.25, 0.3) is 0 Å². The fraction of sp³-hybridized carbons (Fsp3) is 0.211. The van der Waals surface area contributed by atoms with Crippen LogP contribution in [0, 0.1) is 6.92 Å². The number of carbonyl (C=O) groups excluding carboxylic acids is 1. The molecule has 0 spiro atoms. The van der Waals surface area contributed by atoms with Gasteiger partial charge < -0.3 is 14.0 Å². The van der Waals surface area contributed by atoms with E-state index in [9.17, 15) is 4.79 Å². The van der Waals surface area contributed by atoms with E-state index < -0.39 is 5.97 Å². The molecule has 0 aliphatic rings. The Labute approximate surface area is 155 Å². The molecule has 26 heavy (non-hydrogen) atoms. The number of carbonyl (C=O) groups is 1. The smallest absolute Gasteiger partial charge is 0.311 e. The third-order valence-electron chi connectivity index (χ3n) is 3.67. The summed E-state index contributed by atoms with van der Waals surface area (Å²) >= 11 is 6.02. The van der Waals surface area contributed by atoms with Crippen LogP contribution in [0.4, 0.5) is 0 Å². The quantitative estimate of drug-likeness (QED) is 0.475. The number of nitrogens with zero attached hydrogens (tertiary/aromatic N) is 2. The average molecular weight is 373 g/mol. The summed E-state index contributed by atoms with van der Waals surface area (Å²) in [6.45, 7) is 1.90. The SMILES string of the molecule is COc1ccc(-c2noc(CCC(=O)Oc3cc(C)ccc3Cl)n2)cc1. The minimum atomic E-state index is -0.415. The van der Waals surface area contributed by atoms with E-state index in [2.05, 4.69) is 10.1 Å². The van der Waals surface area contributed by atoms with Crippen LogP contribution in [0.25, 0.3) is 11.4 Å². The molecule has 0 atom stereocenters. The molecule has 0 aliphatic heterocycles. The van der Waals surface area contributed by atoms with Gasteiger partial charge in [0.15, 0.2) is 0 Å². The highest BCUT2D eigenvalue weighted by molar-refractivity contribution is 6.32. The predicted octanol–water partition coefficient (Wildman–Crippen LogP) is 4.25. The number of aryl methyl sites for hydroxylation is 2. The first-order valence-electron chi connectivity index (χ1n) is 7.99. The molecule has 0 aliphatic carbocycles. The number of hydrogen-bond donors (Lipinski definition) is 0. The number of benzene rings is 2. The first kappa shape index (κ1) is 17.9. The van der Waals surface area contributed by atoms with Gasteiger partial charge in [-0.15, -0.1) is 0 Å². The van der Waals surface area contributed by atoms with Crippen LogP contribution >= 0.6 is 11.6 Å². The second kappa shape index (κ2) is 8.01. The van der Waals surface area contributed by atoms with Gasteiger partial charge in [-0.2, -0.15) is 4.98 Å². The number of hydrogen-bond acceptors (Lipinski definition) is 6. The Hall–Kier alpha value is -2.86. The number of methoxy groups -OCH3 is 1. The minimum Gasteiger partial charge on any atom is -0.497 e. The van der Waals surface area contributed by atoms with Crippen molar-refractivity contribution in [3.05, 3.63) is 58.9 Å². The predicted molar refractivity (Wildman–Crippen MR) is 96.4 cm³/mol. The van der Waals surface area contributed by atoms with E-state index in [1.807, 2.05) is 37.3 Å². The maximum absolute atomic E-state index is 12.0. The molecule has 0 saturated heterocycles. The molecule has 3 aromatic rings. The molecular formula is C19H17ClN2O4. The largest absolute Gasteiger partial charge is 0.497 e. The first-order valence-corrected chi connectivity index (χ1v) is 8.37. The molecule has 0 N–H and O–H groups in total. The number of rotatable bonds is 6. The van der Waals surface area contributed by atoms with E-state index in [4.69, 9.17) is 25.6 Å². The molecule has 6 nitrogen and oxygen atoms in total. The topological polar surface area (TPSA) is 74.5 Å². The van der Waals surface area contributed by atoms with Crippen molar-refractivity contribution in [1.82, 2.24) is 10.1 Å². The van der Waals surface area contributed by atoms with Gasteiger partial charge in [0, 0.05) is 12.0 Å². The van der Waals surface area contributed by atoms with Gasteiger partial charge in [-0.1, -0.05) is 22.8 Å². The lowest BCUT2D eigenvalue weighted by Crippen LogP contribution is -2.09. The zero-order valence-corrected chi connectivity index (χ0v) is 15.1. The summed E-state index contributed by atoms with van der Waals surface area (Å²) in [5.74, 6) is 1.50. The molecule has 1 aromatic heterocycles. The minimum absolute atomic E-state index is 0.106. The van der Waals surface area contributed by atoms with Crippen molar-refractivity contribution in [3.63, 3.8) is 0 Å². The molecule has 2 aromatic carbocycles. The van der Waals surface area contributed by atoms with Crippen LogP contribution in [0.3, 0.4) is 0 Å². The van der Waals surface area contributed by atoms with Crippen molar-refractivity contribution < 1.29 is 18.8 Å². The summed E-state index contributed by atoms with van der Waals surface area (Å²) in [4.78, 5) is 16.3. The highest BCUT2D eigenvalue weighted by Crippen LogP contribution is 2.26. The number of halogens is 1. The summed E-state index contributed by atoms with van der Waals surface area (Å²) in [7, 11) is 1.60. The molecule has 0 amide bonds. The Morgan fingerprint density at radius 2 is 1.96 bits per heavy atom. The van der Waals surface area contributed by atoms with Gasteiger partial charge in [-0.05, 0) is 48.9 Å². The van der Waals surface area contributed by atoms with Gasteiger partial charge in [0.05, 0.1) is 18.6 Å². The normalized spacial score (nSPS) is 10.6. The Morgan fingerprint density at radius 3 is 2.69 bits per heavy atom. The van der Waals surface area contributed by atoms with Crippen LogP contribution in [-0.4, -0.2) is 23.2 Å². The molecule has 3 rings (SSSR count). The van der Waals surface area contributed by atoms with Crippen LogP contribution in [0.2, 0.25) is 5.02 Å². The molecule has 0 bridgehead atoms. The van der Waals surface area contributed by atoms with Crippen molar-refractivity contribution in [2.24, 2.45) is 0 Å². The summed E-state index contributed by atoms with van der Waals surface area (Å²) < 4.78 is 15.6. The second-order valence-corrected chi connectivity index (χ2v) is 6.06. The maximum Gasteiger partial charge on any atom is 0.311 e. The molecule has 1 heterocycles. The van der Waals surface area contributed by atoms with Crippen LogP contribution in [0.1, 0.15) is 17.9 Å². The van der Waals surface area contributed by atoms with Crippen LogP contribution < -0.4 is 9.47 Å². The Kier molecular flexibility index (Phi) is 5.53. The molecule has 0 unspecified atom stereocenters. The van der Waals surface area contributed by atoms with Crippen molar-refractivity contribution in [2.75, 3.05) is 7.11 Å². The standard InChI is InChI=1S/C19H17ClN2O4/c1-12-3-8-15(20)16(11-12)25-18(23)10-9-17-21-19(22-26-17)13-4-6-14(24-2)7-5-13/h3-8,11H,9-10H2,1-2H3. The van der Waals surface area contributed by atoms with E-state index in [0.29, 0.717) is 22.5 Å². The van der Waals surface area contributed by atoms with E-state index in [0.717, 1.165) is 16.9 Å². The summed E-state index contributed by atoms with van der Waals surface area (Å²) in [6.07, 6.45) is 0.389. The van der Waals surface area contributed by atoms with Gasteiger partial charge in [0.2, 0.25) is 11.7 Å². The van der Waals surface area contributed by atoms with Crippen molar-refractivity contribution in [1.29, 1.82) is 0 Å². The Bertz CT molecular complexity index is 906. The second-order valence-electron chi connectivity index (χ2n) is 5.65. The monoisotopic (exact) mass is 372 g/mol. The fourth-order valence-corrected chi connectivity index (χ4v) is 2.44. The summed E-state index contributed by atoms with van der Waals surface area (Å²) in [5, 5.41) is 4.32. The van der Waals surface area contributed by atoms with E-state index in [-0.39, 0.29) is 12.8 Å². The highest BCUT2D eigenvalue weighted by Gasteiger charge is 2.13. The third-order valence-corrected chi connectivity index (χ3v) is 3.98. The van der Waals surface area contributed by atoms with Gasteiger partial charge in [-0.25, -0.2) is 0 Å². The fourth-order valence-electron chi connectivity index (χ4n) is 2.29. The number of aromatic nitrogens is 2. The number of esters is 1. The van der Waals surface area contributed by atoms with Crippen molar-refractivity contribution >= 4 is 17.6 Å². The van der Waals surface area contributed by atoms with Crippen molar-refractivity contribution in [2.45, 2.75) is 19.8 Å². The lowest BCUT2D eigenvalue weighted by molar-refractivity contribution is -0.134. The molecule has 0 radical (unpaired) electrons. The van der Waals surface area contributed by atoms with Gasteiger partial charge in [0.1, 0.15) is 11.5 Å². The number of ether oxygens (including phenoxy) is 2. The van der Waals surface area contributed by atoms with E-state index in [1.54, 1.807) is 19.2 Å². The van der Waals surface area contributed by atoms with Crippen LogP contribution in [0.15, 0.2) is 47.0 Å². The molecule has 0 fully saturated rings. The lowest BCUT2D eigenvalue weighted by atomic mass is 10.2. The Morgan fingerprint density at radius 1 is 1.19 bits per heavy atom. The third kappa shape index (κ3) is 4.40. The molecular weight excluding hydrogens is 356 g/mol. The van der Waals surface area contributed by atoms with Crippen LogP contribution in [-0.2, 0) is 11.2 Å². The summed E-state index contributed by atoms with van der Waals surface area (Å²) in [6, 6.07) is 12.6. The first-order chi connectivity index (χ1) is 12.5.